The van der Waals surface area contributed by atoms with E-state index in [-0.39, 0.29) is 5.82 Å². The van der Waals surface area contributed by atoms with E-state index < -0.39 is 0 Å². The van der Waals surface area contributed by atoms with Gasteiger partial charge in [0, 0.05) is 26.2 Å². The first-order valence-electron chi connectivity index (χ1n) is 7.11. The monoisotopic (exact) mass is 266 g/mol. The zero-order valence-corrected chi connectivity index (χ0v) is 12.1. The van der Waals surface area contributed by atoms with Gasteiger partial charge in [0.05, 0.1) is 5.69 Å². The van der Waals surface area contributed by atoms with Crippen LogP contribution in [0.25, 0.3) is 0 Å². The standard InChI is InChI=1S/C14H23FN4/c1-4-12-13(15)14(17-10-16-12)18(3)11-6-8-19(5-2)9-7-11/h10-11H,4-9H2,1-3H3. The van der Waals surface area contributed by atoms with Crippen molar-refractivity contribution in [2.45, 2.75) is 39.2 Å². The number of likely N-dealkylation sites (tertiary alicyclic amines) is 1. The third kappa shape index (κ3) is 3.03. The highest BCUT2D eigenvalue weighted by molar-refractivity contribution is 5.41. The number of aryl methyl sites for hydroxylation is 1. The Kier molecular flexibility index (Phi) is 4.69. The van der Waals surface area contributed by atoms with E-state index in [1.165, 1.54) is 6.33 Å². The molecule has 1 aromatic heterocycles. The van der Waals surface area contributed by atoms with Crippen molar-refractivity contribution in [1.82, 2.24) is 14.9 Å². The summed E-state index contributed by atoms with van der Waals surface area (Å²) in [4.78, 5) is 12.5. The molecule has 0 atom stereocenters. The summed E-state index contributed by atoms with van der Waals surface area (Å²) in [5, 5.41) is 0. The van der Waals surface area contributed by atoms with E-state index in [1.54, 1.807) is 0 Å². The van der Waals surface area contributed by atoms with E-state index in [0.29, 0.717) is 24.0 Å². The lowest BCUT2D eigenvalue weighted by atomic mass is 10.0. The molecule has 0 bridgehead atoms. The van der Waals surface area contributed by atoms with Crippen LogP contribution in [0.5, 0.6) is 0 Å². The number of piperidine rings is 1. The molecule has 0 spiro atoms. The van der Waals surface area contributed by atoms with Gasteiger partial charge in [-0.2, -0.15) is 0 Å². The van der Waals surface area contributed by atoms with E-state index in [9.17, 15) is 4.39 Å². The molecule has 0 aromatic carbocycles. The molecule has 2 rings (SSSR count). The van der Waals surface area contributed by atoms with Crippen LogP contribution in [0.1, 0.15) is 32.4 Å². The molecule has 0 N–H and O–H groups in total. The van der Waals surface area contributed by atoms with Crippen LogP contribution in [0.3, 0.4) is 0 Å². The Morgan fingerprint density at radius 3 is 2.58 bits per heavy atom. The molecule has 2 heterocycles. The summed E-state index contributed by atoms with van der Waals surface area (Å²) in [6.07, 6.45) is 4.20. The van der Waals surface area contributed by atoms with Crippen LogP contribution in [0, 0.1) is 5.82 Å². The Hall–Kier alpha value is -1.23. The fourth-order valence-corrected chi connectivity index (χ4v) is 2.68. The summed E-state index contributed by atoms with van der Waals surface area (Å²) in [6, 6.07) is 0.372. The van der Waals surface area contributed by atoms with Crippen LogP contribution >= 0.6 is 0 Å². The first-order valence-corrected chi connectivity index (χ1v) is 7.11. The van der Waals surface area contributed by atoms with Crippen molar-refractivity contribution in [1.29, 1.82) is 0 Å². The molecular formula is C14H23FN4. The molecule has 0 radical (unpaired) electrons. The minimum absolute atomic E-state index is 0.259. The molecule has 0 unspecified atom stereocenters. The summed E-state index contributed by atoms with van der Waals surface area (Å²) >= 11 is 0. The lowest BCUT2D eigenvalue weighted by Gasteiger charge is -2.36. The Morgan fingerprint density at radius 1 is 1.32 bits per heavy atom. The largest absolute Gasteiger partial charge is 0.354 e. The van der Waals surface area contributed by atoms with Gasteiger partial charge in [0.25, 0.3) is 0 Å². The molecule has 1 aromatic rings. The average molecular weight is 266 g/mol. The molecule has 106 valence electrons. The SMILES string of the molecule is CCc1ncnc(N(C)C2CCN(CC)CC2)c1F. The van der Waals surface area contributed by atoms with Gasteiger partial charge in [-0.3, -0.25) is 0 Å². The predicted molar refractivity (Wildman–Crippen MR) is 74.9 cm³/mol. The lowest BCUT2D eigenvalue weighted by molar-refractivity contribution is 0.220. The smallest absolute Gasteiger partial charge is 0.187 e. The van der Waals surface area contributed by atoms with Gasteiger partial charge in [0.15, 0.2) is 11.6 Å². The first-order chi connectivity index (χ1) is 9.17. The van der Waals surface area contributed by atoms with E-state index >= 15 is 0 Å². The van der Waals surface area contributed by atoms with Gasteiger partial charge in [-0.1, -0.05) is 13.8 Å². The third-order valence-corrected chi connectivity index (χ3v) is 4.06. The fourth-order valence-electron chi connectivity index (χ4n) is 2.68. The van der Waals surface area contributed by atoms with Crippen molar-refractivity contribution >= 4 is 5.82 Å². The van der Waals surface area contributed by atoms with Gasteiger partial charge in [-0.05, 0) is 25.8 Å². The van der Waals surface area contributed by atoms with Gasteiger partial charge in [0.2, 0.25) is 0 Å². The van der Waals surface area contributed by atoms with E-state index in [1.807, 2.05) is 18.9 Å². The van der Waals surface area contributed by atoms with Crippen LogP contribution in [-0.2, 0) is 6.42 Å². The van der Waals surface area contributed by atoms with E-state index in [0.717, 1.165) is 32.5 Å². The second-order valence-corrected chi connectivity index (χ2v) is 5.09. The van der Waals surface area contributed by atoms with E-state index in [2.05, 4.69) is 21.8 Å². The minimum Gasteiger partial charge on any atom is -0.354 e. The van der Waals surface area contributed by atoms with Gasteiger partial charge in [-0.15, -0.1) is 0 Å². The summed E-state index contributed by atoms with van der Waals surface area (Å²) in [5.41, 5.74) is 0.503. The van der Waals surface area contributed by atoms with Crippen LogP contribution in [0.15, 0.2) is 6.33 Å². The molecule has 1 aliphatic heterocycles. The molecule has 4 nitrogen and oxygen atoms in total. The normalized spacial score (nSPS) is 17.7. The number of rotatable bonds is 4. The summed E-state index contributed by atoms with van der Waals surface area (Å²) in [5.74, 6) is 0.187. The Balaban J connectivity index is 2.10. The molecule has 0 aliphatic carbocycles. The Morgan fingerprint density at radius 2 is 2.00 bits per heavy atom. The predicted octanol–water partition coefficient (Wildman–Crippen LogP) is 2.10. The molecule has 0 amide bonds. The number of halogens is 1. The van der Waals surface area contributed by atoms with Gasteiger partial charge < -0.3 is 9.80 Å². The maximum atomic E-state index is 14.2. The molecule has 5 heteroatoms. The lowest BCUT2D eigenvalue weighted by Crippen LogP contribution is -2.44. The molecule has 19 heavy (non-hydrogen) atoms. The molecule has 1 aliphatic rings. The molecule has 0 saturated carbocycles. The van der Waals surface area contributed by atoms with Crippen molar-refractivity contribution in [3.8, 4) is 0 Å². The van der Waals surface area contributed by atoms with Gasteiger partial charge >= 0.3 is 0 Å². The van der Waals surface area contributed by atoms with Crippen molar-refractivity contribution in [2.75, 3.05) is 31.6 Å². The average Bonchev–Trinajstić information content (AvgIpc) is 2.47. The highest BCUT2D eigenvalue weighted by atomic mass is 19.1. The quantitative estimate of drug-likeness (QED) is 0.835. The van der Waals surface area contributed by atoms with Crippen LogP contribution in [-0.4, -0.2) is 47.6 Å². The van der Waals surface area contributed by atoms with Crippen molar-refractivity contribution < 1.29 is 4.39 Å². The zero-order chi connectivity index (χ0) is 13.8. The number of hydrogen-bond acceptors (Lipinski definition) is 4. The fraction of sp³-hybridized carbons (Fsp3) is 0.714. The second-order valence-electron chi connectivity index (χ2n) is 5.09. The topological polar surface area (TPSA) is 32.3 Å². The van der Waals surface area contributed by atoms with Crippen molar-refractivity contribution in [3.63, 3.8) is 0 Å². The maximum Gasteiger partial charge on any atom is 0.187 e. The Labute approximate surface area is 114 Å². The Bertz CT molecular complexity index is 416. The second kappa shape index (κ2) is 6.28. The maximum absolute atomic E-state index is 14.2. The highest BCUT2D eigenvalue weighted by Crippen LogP contribution is 2.23. The summed E-state index contributed by atoms with van der Waals surface area (Å²) in [6.45, 7) is 7.35. The van der Waals surface area contributed by atoms with Crippen molar-refractivity contribution in [2.24, 2.45) is 0 Å². The van der Waals surface area contributed by atoms with Crippen LogP contribution in [0.2, 0.25) is 0 Å². The van der Waals surface area contributed by atoms with Crippen LogP contribution < -0.4 is 4.90 Å². The van der Waals surface area contributed by atoms with Gasteiger partial charge in [-0.25, -0.2) is 14.4 Å². The molecular weight excluding hydrogens is 243 g/mol. The number of hydrogen-bond donors (Lipinski definition) is 0. The number of anilines is 1. The van der Waals surface area contributed by atoms with E-state index in [4.69, 9.17) is 0 Å². The van der Waals surface area contributed by atoms with Crippen molar-refractivity contribution in [3.05, 3.63) is 17.8 Å². The summed E-state index contributed by atoms with van der Waals surface area (Å²) < 4.78 is 14.2. The minimum atomic E-state index is -0.259. The van der Waals surface area contributed by atoms with Gasteiger partial charge in [0.1, 0.15) is 6.33 Å². The zero-order valence-electron chi connectivity index (χ0n) is 12.1. The first kappa shape index (κ1) is 14.2. The molecule has 1 saturated heterocycles. The third-order valence-electron chi connectivity index (χ3n) is 4.06. The highest BCUT2D eigenvalue weighted by Gasteiger charge is 2.25. The summed E-state index contributed by atoms with van der Waals surface area (Å²) in [7, 11) is 1.94. The molecule has 1 fully saturated rings. The van der Waals surface area contributed by atoms with Crippen LogP contribution in [0.4, 0.5) is 10.2 Å². The number of nitrogens with zero attached hydrogens (tertiary/aromatic N) is 4. The number of aromatic nitrogens is 2.